The van der Waals surface area contributed by atoms with Crippen LogP contribution in [0.5, 0.6) is 5.75 Å². The van der Waals surface area contributed by atoms with Crippen molar-refractivity contribution >= 4 is 11.8 Å². The van der Waals surface area contributed by atoms with Crippen LogP contribution in [0.1, 0.15) is 42.6 Å². The molecule has 0 radical (unpaired) electrons. The molecule has 7 nitrogen and oxygen atoms in total. The van der Waals surface area contributed by atoms with E-state index in [4.69, 9.17) is 9.47 Å². The fourth-order valence-corrected chi connectivity index (χ4v) is 4.55. The Kier molecular flexibility index (Phi) is 5.61. The number of nitrogens with one attached hydrogen (secondary N) is 1. The maximum atomic E-state index is 12.9. The smallest absolute Gasteiger partial charge is 0.255 e. The number of likely N-dealkylation sites (N-methyl/N-ethyl adjacent to an activating group) is 1. The summed E-state index contributed by atoms with van der Waals surface area (Å²) < 4.78 is 11.9. The molecular weight excluding hydrogens is 370 g/mol. The molecule has 1 N–H and O–H groups in total. The first-order chi connectivity index (χ1) is 14.0. The van der Waals surface area contributed by atoms with Gasteiger partial charge in [-0.25, -0.2) is 0 Å². The van der Waals surface area contributed by atoms with Crippen LogP contribution in [-0.2, 0) is 16.1 Å². The van der Waals surface area contributed by atoms with Crippen molar-refractivity contribution in [2.75, 3.05) is 26.3 Å². The Morgan fingerprint density at radius 2 is 2.07 bits per heavy atom. The minimum atomic E-state index is -0.444. The lowest BCUT2D eigenvalue weighted by molar-refractivity contribution is -0.126. The highest BCUT2D eigenvalue weighted by molar-refractivity contribution is 6.01. The molecule has 0 aromatic heterocycles. The van der Waals surface area contributed by atoms with Crippen molar-refractivity contribution < 1.29 is 19.1 Å². The number of benzene rings is 1. The summed E-state index contributed by atoms with van der Waals surface area (Å²) in [6.45, 7) is 11.7. The van der Waals surface area contributed by atoms with Crippen LogP contribution in [0, 0.1) is 0 Å². The van der Waals surface area contributed by atoms with Gasteiger partial charge in [0.15, 0.2) is 0 Å². The molecule has 4 rings (SSSR count). The maximum Gasteiger partial charge on any atom is 0.255 e. The van der Waals surface area contributed by atoms with Crippen molar-refractivity contribution in [1.82, 2.24) is 15.1 Å². The first-order valence-corrected chi connectivity index (χ1v) is 10.4. The molecule has 29 heavy (non-hydrogen) atoms. The van der Waals surface area contributed by atoms with Gasteiger partial charge < -0.3 is 19.7 Å². The summed E-state index contributed by atoms with van der Waals surface area (Å²) in [5, 5.41) is 2.77. The van der Waals surface area contributed by atoms with Crippen molar-refractivity contribution in [2.24, 2.45) is 0 Å². The van der Waals surface area contributed by atoms with E-state index in [2.05, 4.69) is 30.6 Å². The number of fused-ring (bicyclic) bond motifs is 1. The Hall–Kier alpha value is -2.38. The van der Waals surface area contributed by atoms with E-state index >= 15 is 0 Å². The molecule has 2 saturated heterocycles. The van der Waals surface area contributed by atoms with Gasteiger partial charge in [0.1, 0.15) is 17.9 Å². The lowest BCUT2D eigenvalue weighted by Crippen LogP contribution is -2.49. The molecule has 0 saturated carbocycles. The molecule has 3 atom stereocenters. The van der Waals surface area contributed by atoms with Crippen LogP contribution in [0.3, 0.4) is 0 Å². The van der Waals surface area contributed by atoms with Gasteiger partial charge in [0.05, 0.1) is 19.3 Å². The molecular formula is C22H29N3O4. The lowest BCUT2D eigenvalue weighted by atomic mass is 10.0. The van der Waals surface area contributed by atoms with Gasteiger partial charge in [-0.05, 0) is 49.7 Å². The highest BCUT2D eigenvalue weighted by atomic mass is 16.5. The molecule has 0 aliphatic carbocycles. The summed E-state index contributed by atoms with van der Waals surface area (Å²) in [7, 11) is 0. The summed E-state index contributed by atoms with van der Waals surface area (Å²) in [6.07, 6.45) is 1.27. The fraction of sp³-hybridized carbons (Fsp3) is 0.545. The Labute approximate surface area is 171 Å². The zero-order chi connectivity index (χ0) is 20.5. The third-order valence-corrected chi connectivity index (χ3v) is 6.18. The number of hydrogen-bond donors (Lipinski definition) is 1. The number of ether oxygens (including phenoxy) is 2. The van der Waals surface area contributed by atoms with Crippen LogP contribution in [0.15, 0.2) is 30.5 Å². The Morgan fingerprint density at radius 1 is 1.28 bits per heavy atom. The second kappa shape index (κ2) is 8.16. The minimum absolute atomic E-state index is 0.0312. The van der Waals surface area contributed by atoms with E-state index in [1.165, 1.54) is 0 Å². The number of nitrogens with zero attached hydrogens (tertiary/aromatic N) is 2. The number of rotatable bonds is 6. The quantitative estimate of drug-likeness (QED) is 0.791. The third-order valence-electron chi connectivity index (χ3n) is 6.18. The van der Waals surface area contributed by atoms with Crippen LogP contribution in [0.2, 0.25) is 0 Å². The molecule has 1 aromatic carbocycles. The highest BCUT2D eigenvalue weighted by Crippen LogP contribution is 2.31. The first-order valence-electron chi connectivity index (χ1n) is 10.4. The molecule has 2 amide bonds. The fourth-order valence-electron chi connectivity index (χ4n) is 4.55. The van der Waals surface area contributed by atoms with Crippen molar-refractivity contribution in [2.45, 2.75) is 51.4 Å². The number of amides is 2. The monoisotopic (exact) mass is 399 g/mol. The van der Waals surface area contributed by atoms with Crippen molar-refractivity contribution in [3.8, 4) is 5.75 Å². The number of carbonyl (C=O) groups excluding carboxylic acids is 2. The van der Waals surface area contributed by atoms with Crippen LogP contribution < -0.4 is 10.1 Å². The number of allylic oxidation sites excluding steroid dienone is 1. The molecule has 2 fully saturated rings. The Bertz CT molecular complexity index is 820. The SMILES string of the molecule is C=C1CCC(N2Cc3cc(O[C@@H]4COC[C@@H]4N(CC)CC)ccc3C2=O)C(=O)N1. The van der Waals surface area contributed by atoms with E-state index in [0.717, 1.165) is 24.4 Å². The molecule has 1 unspecified atom stereocenters. The summed E-state index contributed by atoms with van der Waals surface area (Å²) >= 11 is 0. The molecule has 3 aliphatic heterocycles. The standard InChI is InChI=1S/C22H29N3O4/c1-4-24(5-2)19-12-28-13-20(19)29-16-7-8-17-15(10-16)11-25(22(17)27)18-9-6-14(3)23-21(18)26/h7-8,10,18-20H,3-6,9,11-13H2,1-2H3,(H,23,26)/t18?,19-,20+/m0/s1. The van der Waals surface area contributed by atoms with Crippen molar-refractivity contribution in [3.05, 3.63) is 41.6 Å². The van der Waals surface area contributed by atoms with E-state index in [1.807, 2.05) is 18.2 Å². The average molecular weight is 399 g/mol. The second-order valence-electron chi connectivity index (χ2n) is 7.88. The number of carbonyl (C=O) groups is 2. The molecule has 3 aliphatic rings. The molecule has 1 aromatic rings. The van der Waals surface area contributed by atoms with Crippen LogP contribution in [0.25, 0.3) is 0 Å². The van der Waals surface area contributed by atoms with E-state index in [-0.39, 0.29) is 24.0 Å². The predicted octanol–water partition coefficient (Wildman–Crippen LogP) is 1.92. The topological polar surface area (TPSA) is 71.1 Å². The van der Waals surface area contributed by atoms with Gasteiger partial charge in [0, 0.05) is 17.8 Å². The van der Waals surface area contributed by atoms with Gasteiger partial charge in [-0.1, -0.05) is 20.4 Å². The lowest BCUT2D eigenvalue weighted by Gasteiger charge is -2.30. The Morgan fingerprint density at radius 3 is 2.79 bits per heavy atom. The molecule has 0 spiro atoms. The zero-order valence-corrected chi connectivity index (χ0v) is 17.1. The van der Waals surface area contributed by atoms with Gasteiger partial charge in [-0.3, -0.25) is 14.5 Å². The number of piperidine rings is 1. The molecule has 0 bridgehead atoms. The van der Waals surface area contributed by atoms with E-state index in [0.29, 0.717) is 43.9 Å². The molecule has 7 heteroatoms. The van der Waals surface area contributed by atoms with Crippen LogP contribution in [-0.4, -0.2) is 66.1 Å². The van der Waals surface area contributed by atoms with Crippen molar-refractivity contribution in [3.63, 3.8) is 0 Å². The normalized spacial score (nSPS) is 26.8. The predicted molar refractivity (Wildman–Crippen MR) is 109 cm³/mol. The summed E-state index contributed by atoms with van der Waals surface area (Å²) in [4.78, 5) is 29.2. The van der Waals surface area contributed by atoms with Crippen LogP contribution in [0.4, 0.5) is 0 Å². The Balaban J connectivity index is 1.48. The van der Waals surface area contributed by atoms with Crippen molar-refractivity contribution in [1.29, 1.82) is 0 Å². The third kappa shape index (κ3) is 3.76. The second-order valence-corrected chi connectivity index (χ2v) is 7.88. The van der Waals surface area contributed by atoms with Crippen LogP contribution >= 0.6 is 0 Å². The van der Waals surface area contributed by atoms with E-state index in [9.17, 15) is 9.59 Å². The zero-order valence-electron chi connectivity index (χ0n) is 17.1. The number of hydrogen-bond acceptors (Lipinski definition) is 5. The van der Waals surface area contributed by atoms with Gasteiger partial charge in [-0.2, -0.15) is 0 Å². The summed E-state index contributed by atoms with van der Waals surface area (Å²) in [5.41, 5.74) is 2.27. The van der Waals surface area contributed by atoms with Gasteiger partial charge >= 0.3 is 0 Å². The van der Waals surface area contributed by atoms with E-state index in [1.54, 1.807) is 4.90 Å². The summed E-state index contributed by atoms with van der Waals surface area (Å²) in [5.74, 6) is 0.501. The summed E-state index contributed by atoms with van der Waals surface area (Å²) in [6, 6.07) is 5.38. The largest absolute Gasteiger partial charge is 0.486 e. The highest BCUT2D eigenvalue weighted by Gasteiger charge is 2.39. The minimum Gasteiger partial charge on any atom is -0.486 e. The van der Waals surface area contributed by atoms with Gasteiger partial charge in [0.25, 0.3) is 5.91 Å². The average Bonchev–Trinajstić information content (AvgIpc) is 3.28. The molecule has 3 heterocycles. The van der Waals surface area contributed by atoms with Gasteiger partial charge in [-0.15, -0.1) is 0 Å². The molecule has 156 valence electrons. The van der Waals surface area contributed by atoms with Gasteiger partial charge in [0.2, 0.25) is 5.91 Å². The first kappa shape index (κ1) is 19.9. The maximum absolute atomic E-state index is 12.9. The van der Waals surface area contributed by atoms with E-state index < -0.39 is 6.04 Å².